The molecule has 0 bridgehead atoms. The highest BCUT2D eigenvalue weighted by molar-refractivity contribution is 9.10. The van der Waals surface area contributed by atoms with Gasteiger partial charge in [-0.15, -0.1) is 0 Å². The van der Waals surface area contributed by atoms with Crippen molar-refractivity contribution in [2.75, 3.05) is 4.90 Å². The minimum absolute atomic E-state index is 0.140. The number of fused-ring (bicyclic) bond motifs is 1. The van der Waals surface area contributed by atoms with Crippen LogP contribution in [0.5, 0.6) is 5.75 Å². The van der Waals surface area contributed by atoms with E-state index in [-0.39, 0.29) is 23.7 Å². The van der Waals surface area contributed by atoms with Crippen molar-refractivity contribution in [1.29, 1.82) is 0 Å². The van der Waals surface area contributed by atoms with Crippen LogP contribution >= 0.6 is 15.9 Å². The molecule has 5 nitrogen and oxygen atoms in total. The summed E-state index contributed by atoms with van der Waals surface area (Å²) in [6.45, 7) is 2.12. The largest absolute Gasteiger partial charge is 0.423 e. The molecule has 4 rings (SSSR count). The summed E-state index contributed by atoms with van der Waals surface area (Å²) in [7, 11) is 0. The maximum Gasteiger partial charge on any atom is 0.343 e. The first kappa shape index (κ1) is 18.9. The van der Waals surface area contributed by atoms with Gasteiger partial charge in [-0.1, -0.05) is 28.9 Å². The van der Waals surface area contributed by atoms with Gasteiger partial charge in [-0.25, -0.2) is 9.69 Å². The molecule has 6 heteroatoms. The van der Waals surface area contributed by atoms with Gasteiger partial charge in [0.2, 0.25) is 11.8 Å². The molecule has 0 N–H and O–H groups in total. The number of esters is 1. The molecule has 2 aromatic rings. The lowest BCUT2D eigenvalue weighted by Crippen LogP contribution is -2.30. The van der Waals surface area contributed by atoms with E-state index in [9.17, 15) is 14.4 Å². The first-order valence-corrected chi connectivity index (χ1v) is 10.2. The summed E-state index contributed by atoms with van der Waals surface area (Å²) in [5, 5.41) is 0. The maximum absolute atomic E-state index is 12.9. The third-order valence-electron chi connectivity index (χ3n) is 5.55. The van der Waals surface area contributed by atoms with E-state index in [1.807, 2.05) is 0 Å². The average Bonchev–Trinajstić information content (AvgIpc) is 2.92. The van der Waals surface area contributed by atoms with Crippen LogP contribution in [0.25, 0.3) is 0 Å². The Hall–Kier alpha value is -2.47. The van der Waals surface area contributed by atoms with Crippen molar-refractivity contribution in [1.82, 2.24) is 0 Å². The smallest absolute Gasteiger partial charge is 0.343 e. The lowest BCUT2D eigenvalue weighted by molar-refractivity contribution is -0.122. The molecule has 2 amide bonds. The van der Waals surface area contributed by atoms with Gasteiger partial charge in [0, 0.05) is 10.5 Å². The molecule has 2 fully saturated rings. The molecule has 1 saturated heterocycles. The zero-order chi connectivity index (χ0) is 19.8. The van der Waals surface area contributed by atoms with Gasteiger partial charge in [0.05, 0.1) is 23.1 Å². The van der Waals surface area contributed by atoms with Crippen molar-refractivity contribution in [3.05, 3.63) is 58.6 Å². The molecule has 1 aliphatic carbocycles. The number of amides is 2. The van der Waals surface area contributed by atoms with Crippen LogP contribution in [0.4, 0.5) is 5.69 Å². The summed E-state index contributed by atoms with van der Waals surface area (Å²) in [6, 6.07) is 13.5. The van der Waals surface area contributed by atoms with Crippen LogP contribution in [0.3, 0.4) is 0 Å². The first-order chi connectivity index (χ1) is 13.4. The number of imide groups is 1. The Morgan fingerprint density at radius 3 is 2.50 bits per heavy atom. The molecule has 3 atom stereocenters. The molecule has 0 spiro atoms. The highest BCUT2D eigenvalue weighted by Crippen LogP contribution is 2.42. The maximum atomic E-state index is 12.9. The van der Waals surface area contributed by atoms with Gasteiger partial charge in [0.1, 0.15) is 5.75 Å². The number of carbonyl (C=O) groups is 3. The number of ether oxygens (including phenoxy) is 1. The molecule has 144 valence electrons. The predicted octanol–water partition coefficient (Wildman–Crippen LogP) is 4.59. The molecular weight excluding hydrogens is 422 g/mol. The van der Waals surface area contributed by atoms with E-state index in [0.29, 0.717) is 22.9 Å². The molecule has 1 aliphatic heterocycles. The summed E-state index contributed by atoms with van der Waals surface area (Å²) in [4.78, 5) is 39.3. The Morgan fingerprint density at radius 2 is 1.75 bits per heavy atom. The predicted molar refractivity (Wildman–Crippen MR) is 108 cm³/mol. The fourth-order valence-electron chi connectivity index (χ4n) is 4.08. The summed E-state index contributed by atoms with van der Waals surface area (Å²) < 4.78 is 6.31. The fraction of sp³-hybridized carbons (Fsp3) is 0.318. The van der Waals surface area contributed by atoms with E-state index in [2.05, 4.69) is 22.9 Å². The standard InChI is InChI=1S/C22H20BrNO4/c1-13-5-10-18-19(11-13)21(26)24(20(18)25)16-3-2-4-17(12-16)28-22(27)14-6-8-15(23)9-7-14/h2-4,6-9,12-13,18-19H,5,10-11H2,1H3/t13-,18-,19+/m1/s1. The van der Waals surface area contributed by atoms with Gasteiger partial charge in [0.15, 0.2) is 0 Å². The van der Waals surface area contributed by atoms with E-state index in [1.165, 1.54) is 4.90 Å². The van der Waals surface area contributed by atoms with Gasteiger partial charge >= 0.3 is 5.97 Å². The third-order valence-corrected chi connectivity index (χ3v) is 6.08. The van der Waals surface area contributed by atoms with E-state index in [0.717, 1.165) is 23.7 Å². The molecule has 28 heavy (non-hydrogen) atoms. The molecule has 2 aromatic carbocycles. The van der Waals surface area contributed by atoms with Crippen molar-refractivity contribution in [3.63, 3.8) is 0 Å². The average molecular weight is 442 g/mol. The molecule has 1 saturated carbocycles. The zero-order valence-corrected chi connectivity index (χ0v) is 17.0. The lowest BCUT2D eigenvalue weighted by Gasteiger charge is -2.25. The van der Waals surface area contributed by atoms with Crippen molar-refractivity contribution in [3.8, 4) is 5.75 Å². The summed E-state index contributed by atoms with van der Waals surface area (Å²) in [5.74, 6) is -0.476. The monoisotopic (exact) mass is 441 g/mol. The second kappa shape index (κ2) is 7.51. The molecule has 0 radical (unpaired) electrons. The van der Waals surface area contributed by atoms with Crippen LogP contribution in [-0.2, 0) is 9.59 Å². The van der Waals surface area contributed by atoms with Crippen molar-refractivity contribution in [2.45, 2.75) is 26.2 Å². The molecule has 2 aliphatic rings. The Morgan fingerprint density at radius 1 is 1.04 bits per heavy atom. The van der Waals surface area contributed by atoms with Crippen LogP contribution in [0.2, 0.25) is 0 Å². The zero-order valence-electron chi connectivity index (χ0n) is 15.4. The highest BCUT2D eigenvalue weighted by Gasteiger charge is 2.50. The van der Waals surface area contributed by atoms with E-state index >= 15 is 0 Å². The highest BCUT2D eigenvalue weighted by atomic mass is 79.9. The first-order valence-electron chi connectivity index (χ1n) is 9.39. The third kappa shape index (κ3) is 3.49. The lowest BCUT2D eigenvalue weighted by atomic mass is 9.76. The number of rotatable bonds is 3. The summed E-state index contributed by atoms with van der Waals surface area (Å²) in [6.07, 6.45) is 2.48. The fourth-order valence-corrected chi connectivity index (χ4v) is 4.35. The minimum atomic E-state index is -0.494. The van der Waals surface area contributed by atoms with Gasteiger partial charge < -0.3 is 4.74 Å². The van der Waals surface area contributed by atoms with Crippen LogP contribution in [0, 0.1) is 17.8 Å². The number of hydrogen-bond donors (Lipinski definition) is 0. The number of anilines is 1. The topological polar surface area (TPSA) is 63.7 Å². The van der Waals surface area contributed by atoms with Gasteiger partial charge in [-0.2, -0.15) is 0 Å². The van der Waals surface area contributed by atoms with Crippen LogP contribution < -0.4 is 9.64 Å². The number of hydrogen-bond acceptors (Lipinski definition) is 4. The summed E-state index contributed by atoms with van der Waals surface area (Å²) in [5.41, 5.74) is 0.875. The number of halogens is 1. The van der Waals surface area contributed by atoms with Crippen molar-refractivity contribution in [2.24, 2.45) is 17.8 Å². The van der Waals surface area contributed by atoms with Crippen LogP contribution in [0.15, 0.2) is 53.0 Å². The number of carbonyl (C=O) groups excluding carboxylic acids is 3. The Bertz CT molecular complexity index is 940. The normalized spacial score (nSPS) is 24.2. The minimum Gasteiger partial charge on any atom is -0.423 e. The van der Waals surface area contributed by atoms with Crippen molar-refractivity contribution >= 4 is 39.4 Å². The quantitative estimate of drug-likeness (QED) is 0.396. The Balaban J connectivity index is 1.55. The van der Waals surface area contributed by atoms with Crippen LogP contribution in [-0.4, -0.2) is 17.8 Å². The second-order valence-electron chi connectivity index (χ2n) is 7.54. The molecule has 0 aromatic heterocycles. The van der Waals surface area contributed by atoms with Gasteiger partial charge in [-0.3, -0.25) is 9.59 Å². The Labute approximate surface area is 171 Å². The Kier molecular flexibility index (Phi) is 5.06. The van der Waals surface area contributed by atoms with E-state index < -0.39 is 5.97 Å². The summed E-state index contributed by atoms with van der Waals surface area (Å²) >= 11 is 3.33. The number of benzene rings is 2. The molecular formula is C22H20BrNO4. The van der Waals surface area contributed by atoms with E-state index in [1.54, 1.807) is 48.5 Å². The van der Waals surface area contributed by atoms with E-state index in [4.69, 9.17) is 4.74 Å². The van der Waals surface area contributed by atoms with Gasteiger partial charge in [-0.05, 0) is 61.6 Å². The number of nitrogens with zero attached hydrogens (tertiary/aromatic N) is 1. The second-order valence-corrected chi connectivity index (χ2v) is 8.45. The van der Waals surface area contributed by atoms with Crippen molar-refractivity contribution < 1.29 is 19.1 Å². The van der Waals surface area contributed by atoms with Gasteiger partial charge in [0.25, 0.3) is 0 Å². The molecule has 1 heterocycles. The van der Waals surface area contributed by atoms with Crippen LogP contribution in [0.1, 0.15) is 36.5 Å². The SMILES string of the molecule is C[C@@H]1CC[C@H]2C(=O)N(c3cccc(OC(=O)c4ccc(Br)cc4)c3)C(=O)[C@H]2C1. The molecule has 0 unspecified atom stereocenters.